The zero-order chi connectivity index (χ0) is 35.2. The molecule has 17 heteroatoms. The third-order valence-electron chi connectivity index (χ3n) is 6.75. The molecule has 0 atom stereocenters. The Kier molecular flexibility index (Phi) is 11.4. The molecule has 1 aliphatic heterocycles. The fourth-order valence-electron chi connectivity index (χ4n) is 4.26. The molecule has 2 N–H and O–H groups in total. The molecule has 0 unspecified atom stereocenters. The lowest BCUT2D eigenvalue weighted by Crippen LogP contribution is -2.48. The predicted molar refractivity (Wildman–Crippen MR) is 156 cm³/mol. The molecule has 0 radical (unpaired) electrons. The Hall–Kier alpha value is -4.96. The summed E-state index contributed by atoms with van der Waals surface area (Å²) in [5.41, 5.74) is 4.29. The number of halogens is 6. The van der Waals surface area contributed by atoms with Gasteiger partial charge in [-0.25, -0.2) is 4.79 Å². The number of aliphatic carboxylic acids is 1. The van der Waals surface area contributed by atoms with Crippen LogP contribution in [0.1, 0.15) is 48.4 Å². The molecule has 1 saturated heterocycles. The van der Waals surface area contributed by atoms with E-state index in [1.54, 1.807) is 12.4 Å². The number of aromatic nitrogens is 3. The van der Waals surface area contributed by atoms with Crippen molar-refractivity contribution in [3.8, 4) is 11.1 Å². The van der Waals surface area contributed by atoms with Gasteiger partial charge in [-0.1, -0.05) is 44.1 Å². The standard InChI is InChI=1S/C28H31F3N6O3.C2HF3O2/c1-18-15-19(5-6-20(18)16-33-25(39)24-34-26(40-35-24)27(2,3)4)21-8-10-32-17-22(21)36-11-13-37(14-12-36)23(38)7-9-28(29,30)31;3-2(4,5)1(6)7/h5-10,15,17H,11-14,16H2,1-4H3,(H,33,39);(H,6,7)/b9-7+;. The number of allylic oxidation sites excluding steroid dienone is 1. The molecule has 11 nitrogen and oxygen atoms in total. The average molecular weight is 671 g/mol. The van der Waals surface area contributed by atoms with Crippen LogP contribution in [0.2, 0.25) is 0 Å². The monoisotopic (exact) mass is 670 g/mol. The van der Waals surface area contributed by atoms with E-state index in [0.717, 1.165) is 27.9 Å². The largest absolute Gasteiger partial charge is 0.490 e. The van der Waals surface area contributed by atoms with Crippen molar-refractivity contribution in [3.05, 3.63) is 71.7 Å². The van der Waals surface area contributed by atoms with Crippen molar-refractivity contribution in [2.75, 3.05) is 31.1 Å². The van der Waals surface area contributed by atoms with Gasteiger partial charge >= 0.3 is 18.3 Å². The van der Waals surface area contributed by atoms with Gasteiger partial charge in [-0.3, -0.25) is 14.6 Å². The number of nitrogens with one attached hydrogen (secondary N) is 1. The van der Waals surface area contributed by atoms with Crippen LogP contribution in [0.15, 0.2) is 53.3 Å². The molecule has 1 aromatic carbocycles. The molecule has 3 aromatic rings. The van der Waals surface area contributed by atoms with Gasteiger partial charge in [-0.15, -0.1) is 0 Å². The number of hydrogen-bond donors (Lipinski definition) is 2. The van der Waals surface area contributed by atoms with Crippen LogP contribution in [-0.4, -0.2) is 81.4 Å². The Morgan fingerprint density at radius 2 is 1.66 bits per heavy atom. The molecule has 2 aromatic heterocycles. The first-order valence-corrected chi connectivity index (χ1v) is 14.0. The number of pyridine rings is 1. The number of nitrogens with zero attached hydrogens (tertiary/aromatic N) is 5. The topological polar surface area (TPSA) is 142 Å². The Morgan fingerprint density at radius 3 is 2.19 bits per heavy atom. The number of carboxylic acids is 1. The van der Waals surface area contributed by atoms with Crippen LogP contribution < -0.4 is 10.2 Å². The molecular formula is C30H32F6N6O5. The lowest BCUT2D eigenvalue weighted by atomic mass is 9.97. The number of carboxylic acid groups (broad SMARTS) is 1. The number of rotatable bonds is 6. The van der Waals surface area contributed by atoms with Crippen LogP contribution >= 0.6 is 0 Å². The number of piperazine rings is 1. The van der Waals surface area contributed by atoms with E-state index in [1.165, 1.54) is 4.90 Å². The Morgan fingerprint density at radius 1 is 1.02 bits per heavy atom. The van der Waals surface area contributed by atoms with Gasteiger partial charge in [-0.2, -0.15) is 31.3 Å². The van der Waals surface area contributed by atoms with Crippen LogP contribution in [0.25, 0.3) is 11.1 Å². The highest BCUT2D eigenvalue weighted by Crippen LogP contribution is 2.32. The van der Waals surface area contributed by atoms with Crippen molar-refractivity contribution in [2.45, 2.75) is 52.0 Å². The van der Waals surface area contributed by atoms with E-state index in [0.29, 0.717) is 38.1 Å². The highest BCUT2D eigenvalue weighted by atomic mass is 19.4. The molecular weight excluding hydrogens is 638 g/mol. The van der Waals surface area contributed by atoms with Gasteiger partial charge < -0.3 is 24.7 Å². The minimum atomic E-state index is -5.08. The van der Waals surface area contributed by atoms with Crippen molar-refractivity contribution < 1.29 is 50.4 Å². The summed E-state index contributed by atoms with van der Waals surface area (Å²) in [4.78, 5) is 45.5. The first kappa shape index (κ1) is 36.5. The van der Waals surface area contributed by atoms with Crippen molar-refractivity contribution in [3.63, 3.8) is 0 Å². The Labute approximate surface area is 265 Å². The quantitative estimate of drug-likeness (QED) is 0.272. The van der Waals surface area contributed by atoms with Crippen LogP contribution in [0.4, 0.5) is 32.0 Å². The lowest BCUT2D eigenvalue weighted by molar-refractivity contribution is -0.192. The van der Waals surface area contributed by atoms with Crippen molar-refractivity contribution >= 4 is 23.5 Å². The maximum atomic E-state index is 12.5. The molecule has 0 bridgehead atoms. The van der Waals surface area contributed by atoms with E-state index >= 15 is 0 Å². The van der Waals surface area contributed by atoms with Crippen LogP contribution in [0, 0.1) is 6.92 Å². The number of anilines is 1. The van der Waals surface area contributed by atoms with E-state index in [-0.39, 0.29) is 23.9 Å². The second-order valence-electron chi connectivity index (χ2n) is 11.4. The second kappa shape index (κ2) is 14.6. The average Bonchev–Trinajstić information content (AvgIpc) is 3.50. The highest BCUT2D eigenvalue weighted by Gasteiger charge is 2.38. The SMILES string of the molecule is Cc1cc(-c2ccncc2N2CCN(C(=O)/C=C/C(F)(F)F)CC2)ccc1CNC(=O)c1noc(C(C)(C)C)n1.O=C(O)C(F)(F)F. The summed E-state index contributed by atoms with van der Waals surface area (Å²) >= 11 is 0. The zero-order valence-electron chi connectivity index (χ0n) is 25.7. The van der Waals surface area contributed by atoms with Crippen LogP contribution in [0.3, 0.4) is 0 Å². The number of carbonyl (C=O) groups excluding carboxylic acids is 2. The summed E-state index contributed by atoms with van der Waals surface area (Å²) < 4.78 is 74.2. The fraction of sp³-hybridized carbons (Fsp3) is 0.400. The summed E-state index contributed by atoms with van der Waals surface area (Å²) in [7, 11) is 0. The molecule has 1 fully saturated rings. The third kappa shape index (κ3) is 10.5. The van der Waals surface area contributed by atoms with Crippen LogP contribution in [-0.2, 0) is 21.5 Å². The minimum Gasteiger partial charge on any atom is -0.475 e. The van der Waals surface area contributed by atoms with Crippen LogP contribution in [0.5, 0.6) is 0 Å². The first-order valence-electron chi connectivity index (χ1n) is 14.0. The van der Waals surface area contributed by atoms with Gasteiger partial charge in [0.15, 0.2) is 0 Å². The predicted octanol–water partition coefficient (Wildman–Crippen LogP) is 5.07. The minimum absolute atomic E-state index is 0.0150. The van der Waals surface area contributed by atoms with Gasteiger partial charge in [0.2, 0.25) is 11.8 Å². The molecule has 4 rings (SSSR count). The molecule has 0 spiro atoms. The number of hydrogen-bond acceptors (Lipinski definition) is 8. The molecule has 2 amide bonds. The summed E-state index contributed by atoms with van der Waals surface area (Å²) in [5.74, 6) is -3.47. The van der Waals surface area contributed by atoms with E-state index in [1.807, 2.05) is 52.0 Å². The van der Waals surface area contributed by atoms with Crippen molar-refractivity contribution in [1.82, 2.24) is 25.3 Å². The Balaban J connectivity index is 0.000000771. The molecule has 3 heterocycles. The molecule has 254 valence electrons. The highest BCUT2D eigenvalue weighted by molar-refractivity contribution is 5.90. The van der Waals surface area contributed by atoms with Crippen molar-refractivity contribution in [1.29, 1.82) is 0 Å². The van der Waals surface area contributed by atoms with Gasteiger partial charge in [0.05, 0.1) is 11.9 Å². The summed E-state index contributed by atoms with van der Waals surface area (Å²) in [6.45, 7) is 9.51. The van der Waals surface area contributed by atoms with E-state index < -0.39 is 30.1 Å². The number of alkyl halides is 6. The summed E-state index contributed by atoms with van der Waals surface area (Å²) in [6, 6.07) is 7.82. The van der Waals surface area contributed by atoms with E-state index in [4.69, 9.17) is 14.4 Å². The third-order valence-corrected chi connectivity index (χ3v) is 6.75. The molecule has 1 aliphatic rings. The fourth-order valence-corrected chi connectivity index (χ4v) is 4.26. The van der Waals surface area contributed by atoms with E-state index in [2.05, 4.69) is 25.3 Å². The van der Waals surface area contributed by atoms with E-state index in [9.17, 15) is 35.9 Å². The maximum Gasteiger partial charge on any atom is 0.490 e. The number of aryl methyl sites for hydroxylation is 1. The number of carbonyl (C=O) groups is 3. The van der Waals surface area contributed by atoms with Gasteiger partial charge in [0.25, 0.3) is 11.7 Å². The molecule has 47 heavy (non-hydrogen) atoms. The zero-order valence-corrected chi connectivity index (χ0v) is 25.7. The number of benzene rings is 1. The molecule has 0 aliphatic carbocycles. The summed E-state index contributed by atoms with van der Waals surface area (Å²) in [6.07, 6.45) is -5.63. The lowest BCUT2D eigenvalue weighted by Gasteiger charge is -2.36. The summed E-state index contributed by atoms with van der Waals surface area (Å²) in [5, 5.41) is 13.7. The van der Waals surface area contributed by atoms with Gasteiger partial charge in [0.1, 0.15) is 0 Å². The van der Waals surface area contributed by atoms with Gasteiger partial charge in [-0.05, 0) is 29.7 Å². The molecule has 0 saturated carbocycles. The Bertz CT molecular complexity index is 1610. The first-order chi connectivity index (χ1) is 21.8. The normalized spacial score (nSPS) is 14.1. The number of amides is 2. The van der Waals surface area contributed by atoms with Gasteiger partial charge in [0, 0.05) is 62.1 Å². The smallest absolute Gasteiger partial charge is 0.475 e. The van der Waals surface area contributed by atoms with Crippen molar-refractivity contribution in [2.24, 2.45) is 0 Å². The second-order valence-corrected chi connectivity index (χ2v) is 11.4. The maximum absolute atomic E-state index is 12.5.